The van der Waals surface area contributed by atoms with E-state index in [1.54, 1.807) is 40.0 Å². The number of esters is 1. The van der Waals surface area contributed by atoms with E-state index in [-0.39, 0.29) is 5.75 Å². The number of carbonyl (C=O) groups is 1. The van der Waals surface area contributed by atoms with E-state index in [2.05, 4.69) is 6.58 Å². The van der Waals surface area contributed by atoms with E-state index in [0.29, 0.717) is 40.2 Å². The Bertz CT molecular complexity index is 767. The Morgan fingerprint density at radius 3 is 2.37 bits per heavy atom. The van der Waals surface area contributed by atoms with Crippen molar-refractivity contribution in [2.45, 2.75) is 47.1 Å². The first-order chi connectivity index (χ1) is 12.7. The molecule has 1 N–H and O–H groups in total. The van der Waals surface area contributed by atoms with E-state index in [1.807, 2.05) is 19.9 Å². The molecule has 0 spiro atoms. The van der Waals surface area contributed by atoms with E-state index >= 15 is 0 Å². The van der Waals surface area contributed by atoms with Crippen LogP contribution in [0.25, 0.3) is 5.57 Å². The number of rotatable bonds is 8. The molecule has 0 saturated heterocycles. The van der Waals surface area contributed by atoms with Gasteiger partial charge < -0.3 is 19.3 Å². The smallest absolute Gasteiger partial charge is 0.333 e. The van der Waals surface area contributed by atoms with Crippen molar-refractivity contribution in [2.75, 3.05) is 14.2 Å². The molecule has 1 atom stereocenters. The molecular formula is C22H30O5. The Hall–Kier alpha value is -2.69. The third-order valence-electron chi connectivity index (χ3n) is 4.36. The van der Waals surface area contributed by atoms with Crippen LogP contribution >= 0.6 is 0 Å². The standard InChI is InChI=1S/C22H30O5/c1-9-14(4)22(24)27-18(11-10-13(2)3)15(5)17-12-19(25-7)16(6)21(26-8)20(17)23/h9-10,12,18,23H,5,11H2,1-4,6-8H3. The molecular weight excluding hydrogens is 344 g/mol. The van der Waals surface area contributed by atoms with Crippen molar-refractivity contribution in [1.82, 2.24) is 0 Å². The Balaban J connectivity index is 3.40. The molecule has 1 aromatic carbocycles. The van der Waals surface area contributed by atoms with Crippen LogP contribution in [0.5, 0.6) is 17.2 Å². The van der Waals surface area contributed by atoms with E-state index < -0.39 is 12.1 Å². The molecule has 0 fully saturated rings. The largest absolute Gasteiger partial charge is 0.504 e. The van der Waals surface area contributed by atoms with Crippen LogP contribution in [0.15, 0.2) is 35.9 Å². The summed E-state index contributed by atoms with van der Waals surface area (Å²) in [6.07, 6.45) is 3.47. The van der Waals surface area contributed by atoms with Gasteiger partial charge in [-0.3, -0.25) is 0 Å². The third-order valence-corrected chi connectivity index (χ3v) is 4.36. The van der Waals surface area contributed by atoms with Crippen molar-refractivity contribution in [1.29, 1.82) is 0 Å². The van der Waals surface area contributed by atoms with E-state index in [9.17, 15) is 9.90 Å². The number of aromatic hydroxyl groups is 1. The van der Waals surface area contributed by atoms with Gasteiger partial charge in [-0.2, -0.15) is 0 Å². The van der Waals surface area contributed by atoms with Crippen LogP contribution in [-0.2, 0) is 9.53 Å². The highest BCUT2D eigenvalue weighted by molar-refractivity contribution is 5.89. The Kier molecular flexibility index (Phi) is 8.16. The van der Waals surface area contributed by atoms with Crippen molar-refractivity contribution in [3.8, 4) is 17.2 Å². The molecule has 0 saturated carbocycles. The van der Waals surface area contributed by atoms with Crippen LogP contribution in [0.2, 0.25) is 0 Å². The van der Waals surface area contributed by atoms with Gasteiger partial charge in [0.2, 0.25) is 0 Å². The first-order valence-electron chi connectivity index (χ1n) is 8.78. The van der Waals surface area contributed by atoms with Gasteiger partial charge in [-0.25, -0.2) is 4.79 Å². The van der Waals surface area contributed by atoms with Crippen LogP contribution in [0.1, 0.15) is 45.2 Å². The van der Waals surface area contributed by atoms with Gasteiger partial charge in [0.05, 0.1) is 14.2 Å². The second-order valence-electron chi connectivity index (χ2n) is 6.54. The van der Waals surface area contributed by atoms with Crippen molar-refractivity contribution < 1.29 is 24.1 Å². The van der Waals surface area contributed by atoms with Gasteiger partial charge in [0.1, 0.15) is 11.9 Å². The van der Waals surface area contributed by atoms with E-state index in [4.69, 9.17) is 14.2 Å². The van der Waals surface area contributed by atoms with Crippen molar-refractivity contribution >= 4 is 11.5 Å². The molecule has 5 heteroatoms. The molecule has 1 unspecified atom stereocenters. The lowest BCUT2D eigenvalue weighted by molar-refractivity contribution is -0.141. The molecule has 0 bridgehead atoms. The second-order valence-corrected chi connectivity index (χ2v) is 6.54. The van der Waals surface area contributed by atoms with E-state index in [1.165, 1.54) is 7.11 Å². The fourth-order valence-corrected chi connectivity index (χ4v) is 2.54. The minimum atomic E-state index is -0.634. The number of hydrogen-bond acceptors (Lipinski definition) is 5. The van der Waals surface area contributed by atoms with E-state index in [0.717, 1.165) is 5.57 Å². The maximum atomic E-state index is 12.3. The Labute approximate surface area is 161 Å². The molecule has 0 heterocycles. The highest BCUT2D eigenvalue weighted by Crippen LogP contribution is 2.43. The average molecular weight is 374 g/mol. The van der Waals surface area contributed by atoms with Crippen LogP contribution in [0.3, 0.4) is 0 Å². The fraction of sp³-hybridized carbons (Fsp3) is 0.409. The number of phenols is 1. The van der Waals surface area contributed by atoms with Crippen LogP contribution < -0.4 is 9.47 Å². The lowest BCUT2D eigenvalue weighted by Crippen LogP contribution is -2.20. The summed E-state index contributed by atoms with van der Waals surface area (Å²) in [7, 11) is 3.02. The second kappa shape index (κ2) is 9.86. The fourth-order valence-electron chi connectivity index (χ4n) is 2.54. The Morgan fingerprint density at radius 2 is 1.89 bits per heavy atom. The summed E-state index contributed by atoms with van der Waals surface area (Å²) in [5.41, 5.74) is 3.17. The molecule has 0 aliphatic carbocycles. The zero-order valence-electron chi connectivity index (χ0n) is 17.3. The van der Waals surface area contributed by atoms with Crippen molar-refractivity contribution in [3.63, 3.8) is 0 Å². The molecule has 0 aliphatic rings. The van der Waals surface area contributed by atoms with Crippen molar-refractivity contribution in [2.24, 2.45) is 0 Å². The molecule has 148 valence electrons. The number of hydrogen-bond donors (Lipinski definition) is 1. The zero-order chi connectivity index (χ0) is 20.7. The van der Waals surface area contributed by atoms with Crippen molar-refractivity contribution in [3.05, 3.63) is 47.1 Å². The summed E-state index contributed by atoms with van der Waals surface area (Å²) in [6, 6.07) is 1.68. The number of ether oxygens (including phenoxy) is 3. The van der Waals surface area contributed by atoms with Crippen LogP contribution in [-0.4, -0.2) is 31.4 Å². The molecule has 5 nitrogen and oxygen atoms in total. The molecule has 0 aromatic heterocycles. The summed E-state index contributed by atoms with van der Waals surface area (Å²) < 4.78 is 16.4. The molecule has 1 rings (SSSR count). The first-order valence-corrected chi connectivity index (χ1v) is 8.78. The minimum absolute atomic E-state index is 0.0539. The molecule has 27 heavy (non-hydrogen) atoms. The average Bonchev–Trinajstić information content (AvgIpc) is 2.64. The SMILES string of the molecule is C=C(c1cc(OC)c(C)c(OC)c1O)C(CC=C(C)C)OC(=O)C(C)=CC. The maximum Gasteiger partial charge on any atom is 0.333 e. The monoisotopic (exact) mass is 374 g/mol. The normalized spacial score (nSPS) is 12.2. The molecule has 0 aliphatic heterocycles. The number of carbonyl (C=O) groups excluding carboxylic acids is 1. The maximum absolute atomic E-state index is 12.3. The predicted molar refractivity (Wildman–Crippen MR) is 108 cm³/mol. The van der Waals surface area contributed by atoms with Crippen LogP contribution in [0.4, 0.5) is 0 Å². The number of allylic oxidation sites excluding steroid dienone is 2. The van der Waals surface area contributed by atoms with Gasteiger partial charge >= 0.3 is 5.97 Å². The summed E-state index contributed by atoms with van der Waals surface area (Å²) >= 11 is 0. The molecule has 0 radical (unpaired) electrons. The lowest BCUT2D eigenvalue weighted by Gasteiger charge is -2.22. The number of methoxy groups -OCH3 is 2. The predicted octanol–water partition coefficient (Wildman–Crippen LogP) is 4.97. The summed E-state index contributed by atoms with van der Waals surface area (Å²) in [6.45, 7) is 13.3. The van der Waals surface area contributed by atoms with Gasteiger partial charge in [-0.1, -0.05) is 24.3 Å². The minimum Gasteiger partial charge on any atom is -0.504 e. The highest BCUT2D eigenvalue weighted by Gasteiger charge is 2.25. The van der Waals surface area contributed by atoms with Crippen LogP contribution in [0, 0.1) is 6.92 Å². The van der Waals surface area contributed by atoms with Gasteiger partial charge in [-0.05, 0) is 46.3 Å². The number of phenolic OH excluding ortho intramolecular Hbond substituents is 1. The molecule has 1 aromatic rings. The quantitative estimate of drug-likeness (QED) is 0.395. The number of benzene rings is 1. The highest BCUT2D eigenvalue weighted by atomic mass is 16.5. The third kappa shape index (κ3) is 5.39. The lowest BCUT2D eigenvalue weighted by atomic mass is 9.96. The zero-order valence-corrected chi connectivity index (χ0v) is 17.3. The summed E-state index contributed by atoms with van der Waals surface area (Å²) in [5.74, 6) is 0.387. The van der Waals surface area contributed by atoms with Gasteiger partial charge in [-0.15, -0.1) is 0 Å². The van der Waals surface area contributed by atoms with Gasteiger partial charge in [0, 0.05) is 23.1 Å². The Morgan fingerprint density at radius 1 is 1.26 bits per heavy atom. The molecule has 0 amide bonds. The topological polar surface area (TPSA) is 65.0 Å². The summed E-state index contributed by atoms with van der Waals surface area (Å²) in [5, 5.41) is 10.7. The van der Waals surface area contributed by atoms with Gasteiger partial charge in [0.25, 0.3) is 0 Å². The van der Waals surface area contributed by atoms with Gasteiger partial charge in [0.15, 0.2) is 11.5 Å². The first kappa shape index (κ1) is 22.4. The summed E-state index contributed by atoms with van der Waals surface area (Å²) in [4.78, 5) is 12.3.